The molecular weight excluding hydrogens is 234 g/mol. The van der Waals surface area contributed by atoms with Crippen LogP contribution in [0.15, 0.2) is 0 Å². The zero-order valence-electron chi connectivity index (χ0n) is 11.3. The fraction of sp³-hybridized carbons (Fsp3) is 1.00. The van der Waals surface area contributed by atoms with Crippen LogP contribution in [-0.4, -0.2) is 61.7 Å². The normalized spacial score (nSPS) is 24.9. The molecule has 0 saturated carbocycles. The predicted molar refractivity (Wildman–Crippen MR) is 76.0 cm³/mol. The highest BCUT2D eigenvalue weighted by Crippen LogP contribution is 2.15. The van der Waals surface area contributed by atoms with Gasteiger partial charge in [0.2, 0.25) is 0 Å². The van der Waals surface area contributed by atoms with E-state index in [4.69, 9.17) is 0 Å². The highest BCUT2D eigenvalue weighted by Gasteiger charge is 2.22. The molecule has 3 nitrogen and oxygen atoms in total. The molecule has 0 aromatic rings. The third-order valence-electron chi connectivity index (χ3n) is 4.11. The van der Waals surface area contributed by atoms with E-state index in [1.54, 1.807) is 0 Å². The largest absolute Gasteiger partial charge is 0.317 e. The van der Waals surface area contributed by atoms with Crippen molar-refractivity contribution in [1.29, 1.82) is 0 Å². The standard InChI is InChI=1S/C13H27N3.ClH/c1-12(2)16-9-7-15(8-10-16)11-13-3-5-14-6-4-13;/h12-14H,3-11H2,1-2H3;1H. The van der Waals surface area contributed by atoms with Gasteiger partial charge in [0.1, 0.15) is 0 Å². The van der Waals surface area contributed by atoms with E-state index in [0.717, 1.165) is 12.0 Å². The van der Waals surface area contributed by atoms with Gasteiger partial charge in [-0.15, -0.1) is 12.4 Å². The maximum absolute atomic E-state index is 3.45. The van der Waals surface area contributed by atoms with Crippen molar-refractivity contribution in [2.45, 2.75) is 32.7 Å². The first-order chi connectivity index (χ1) is 7.75. The van der Waals surface area contributed by atoms with Crippen molar-refractivity contribution in [3.05, 3.63) is 0 Å². The minimum Gasteiger partial charge on any atom is -0.317 e. The van der Waals surface area contributed by atoms with Crippen molar-refractivity contribution in [2.75, 3.05) is 45.8 Å². The molecule has 2 saturated heterocycles. The third kappa shape index (κ3) is 4.74. The molecule has 0 unspecified atom stereocenters. The summed E-state index contributed by atoms with van der Waals surface area (Å²) in [6, 6.07) is 0.723. The Kier molecular flexibility index (Phi) is 6.78. The van der Waals surface area contributed by atoms with Crippen LogP contribution in [0.4, 0.5) is 0 Å². The molecule has 0 bridgehead atoms. The molecule has 102 valence electrons. The fourth-order valence-electron chi connectivity index (χ4n) is 2.89. The van der Waals surface area contributed by atoms with Crippen LogP contribution < -0.4 is 5.32 Å². The zero-order chi connectivity index (χ0) is 11.4. The molecule has 1 N–H and O–H groups in total. The average Bonchev–Trinajstić information content (AvgIpc) is 2.31. The Bertz CT molecular complexity index is 197. The molecule has 0 aliphatic carbocycles. The molecule has 2 fully saturated rings. The highest BCUT2D eigenvalue weighted by molar-refractivity contribution is 5.85. The van der Waals surface area contributed by atoms with Crippen LogP contribution in [0.25, 0.3) is 0 Å². The van der Waals surface area contributed by atoms with E-state index >= 15 is 0 Å². The van der Waals surface area contributed by atoms with E-state index < -0.39 is 0 Å². The Labute approximate surface area is 112 Å². The molecule has 0 aromatic carbocycles. The van der Waals surface area contributed by atoms with Crippen LogP contribution in [0.2, 0.25) is 0 Å². The quantitative estimate of drug-likeness (QED) is 0.829. The summed E-state index contributed by atoms with van der Waals surface area (Å²) in [6.07, 6.45) is 2.76. The maximum Gasteiger partial charge on any atom is 0.0113 e. The summed E-state index contributed by atoms with van der Waals surface area (Å²) < 4.78 is 0. The summed E-state index contributed by atoms with van der Waals surface area (Å²) in [7, 11) is 0. The molecule has 2 rings (SSSR count). The molecule has 2 aliphatic rings. The van der Waals surface area contributed by atoms with Gasteiger partial charge in [-0.2, -0.15) is 0 Å². The summed E-state index contributed by atoms with van der Waals surface area (Å²) in [5.41, 5.74) is 0. The minimum atomic E-state index is 0. The molecule has 4 heteroatoms. The number of halogens is 1. The van der Waals surface area contributed by atoms with E-state index in [2.05, 4.69) is 29.0 Å². The number of piperazine rings is 1. The van der Waals surface area contributed by atoms with Crippen molar-refractivity contribution in [2.24, 2.45) is 5.92 Å². The van der Waals surface area contributed by atoms with E-state index in [0.29, 0.717) is 0 Å². The molecule has 17 heavy (non-hydrogen) atoms. The third-order valence-corrected chi connectivity index (χ3v) is 4.11. The number of hydrogen-bond acceptors (Lipinski definition) is 3. The van der Waals surface area contributed by atoms with Gasteiger partial charge in [-0.3, -0.25) is 4.90 Å². The van der Waals surface area contributed by atoms with E-state index in [9.17, 15) is 0 Å². The second-order valence-electron chi connectivity index (χ2n) is 5.62. The minimum absolute atomic E-state index is 0. The fourth-order valence-corrected chi connectivity index (χ4v) is 2.89. The van der Waals surface area contributed by atoms with Crippen LogP contribution in [0.3, 0.4) is 0 Å². The van der Waals surface area contributed by atoms with Gasteiger partial charge in [-0.1, -0.05) is 0 Å². The van der Waals surface area contributed by atoms with Crippen molar-refractivity contribution in [3.63, 3.8) is 0 Å². The molecule has 2 aliphatic heterocycles. The summed E-state index contributed by atoms with van der Waals surface area (Å²) in [5.74, 6) is 0.951. The topological polar surface area (TPSA) is 18.5 Å². The van der Waals surface area contributed by atoms with Crippen molar-refractivity contribution < 1.29 is 0 Å². The van der Waals surface area contributed by atoms with E-state index in [-0.39, 0.29) is 12.4 Å². The first-order valence-corrected chi connectivity index (χ1v) is 6.93. The van der Waals surface area contributed by atoms with Crippen LogP contribution in [0, 0.1) is 5.92 Å². The lowest BCUT2D eigenvalue weighted by molar-refractivity contribution is 0.0920. The lowest BCUT2D eigenvalue weighted by Crippen LogP contribution is -2.50. The molecule has 0 atom stereocenters. The van der Waals surface area contributed by atoms with E-state index in [1.165, 1.54) is 58.7 Å². The second-order valence-corrected chi connectivity index (χ2v) is 5.62. The van der Waals surface area contributed by atoms with Gasteiger partial charge >= 0.3 is 0 Å². The first kappa shape index (κ1) is 15.2. The Hall–Kier alpha value is 0.170. The molecular formula is C13H28ClN3. The Morgan fingerprint density at radius 3 is 2.18 bits per heavy atom. The summed E-state index contributed by atoms with van der Waals surface area (Å²) >= 11 is 0. The van der Waals surface area contributed by atoms with Gasteiger partial charge in [0.25, 0.3) is 0 Å². The van der Waals surface area contributed by atoms with Crippen LogP contribution in [0.5, 0.6) is 0 Å². The Morgan fingerprint density at radius 2 is 1.65 bits per heavy atom. The summed E-state index contributed by atoms with van der Waals surface area (Å²) in [6.45, 7) is 13.5. The van der Waals surface area contributed by atoms with Crippen molar-refractivity contribution >= 4 is 12.4 Å². The zero-order valence-corrected chi connectivity index (χ0v) is 12.1. The maximum atomic E-state index is 3.45. The van der Waals surface area contributed by atoms with Crippen LogP contribution >= 0.6 is 12.4 Å². The lowest BCUT2D eigenvalue weighted by Gasteiger charge is -2.39. The van der Waals surface area contributed by atoms with Crippen LogP contribution in [0.1, 0.15) is 26.7 Å². The van der Waals surface area contributed by atoms with Crippen molar-refractivity contribution in [3.8, 4) is 0 Å². The number of rotatable bonds is 3. The SMILES string of the molecule is CC(C)N1CCN(CC2CCNCC2)CC1.Cl. The smallest absolute Gasteiger partial charge is 0.0113 e. The van der Waals surface area contributed by atoms with E-state index in [1.807, 2.05) is 0 Å². The van der Waals surface area contributed by atoms with Gasteiger partial charge < -0.3 is 10.2 Å². The predicted octanol–water partition coefficient (Wildman–Crippen LogP) is 1.43. The molecule has 0 aromatic heterocycles. The van der Waals surface area contributed by atoms with Gasteiger partial charge in [0.05, 0.1) is 0 Å². The van der Waals surface area contributed by atoms with Gasteiger partial charge in [-0.25, -0.2) is 0 Å². The number of nitrogens with one attached hydrogen (secondary N) is 1. The number of nitrogens with zero attached hydrogens (tertiary/aromatic N) is 2. The van der Waals surface area contributed by atoms with Gasteiger partial charge in [-0.05, 0) is 45.7 Å². The molecule has 2 heterocycles. The Balaban J connectivity index is 0.00000144. The monoisotopic (exact) mass is 261 g/mol. The highest BCUT2D eigenvalue weighted by atomic mass is 35.5. The molecule has 0 spiro atoms. The van der Waals surface area contributed by atoms with Crippen LogP contribution in [-0.2, 0) is 0 Å². The Morgan fingerprint density at radius 1 is 1.06 bits per heavy atom. The van der Waals surface area contributed by atoms with Crippen molar-refractivity contribution in [1.82, 2.24) is 15.1 Å². The summed E-state index contributed by atoms with van der Waals surface area (Å²) in [4.78, 5) is 5.27. The average molecular weight is 262 g/mol. The van der Waals surface area contributed by atoms with Gasteiger partial charge in [0, 0.05) is 38.8 Å². The summed E-state index contributed by atoms with van der Waals surface area (Å²) in [5, 5.41) is 3.45. The molecule has 0 radical (unpaired) electrons. The molecule has 0 amide bonds. The lowest BCUT2D eigenvalue weighted by atomic mass is 9.97. The number of hydrogen-bond donors (Lipinski definition) is 1. The van der Waals surface area contributed by atoms with Gasteiger partial charge in [0.15, 0.2) is 0 Å². The number of piperidine rings is 1. The second kappa shape index (κ2) is 7.57. The first-order valence-electron chi connectivity index (χ1n) is 6.93.